The molecule has 3 N–H and O–H groups in total. The second-order valence-electron chi connectivity index (χ2n) is 5.97. The van der Waals surface area contributed by atoms with Gasteiger partial charge >= 0.3 is 17.8 Å². The number of carbonyl (C=O) groups excluding carboxylic acids is 2. The van der Waals surface area contributed by atoms with Crippen LogP contribution >= 0.6 is 0 Å². The maximum Gasteiger partial charge on any atom is 0.464 e. The standard InChI is InChI=1S/C18H18F3N3O3/c1-11-5-4-6-13(9-11)15(25)24-17(16(26)27-3,18(19,20)21)23-14-10-12(2)7-8-22-14/h4-10H,1-3H3,(H,22,23)(H,24,25)/p+1/t17-/m0/s1. The molecule has 0 aliphatic heterocycles. The first-order valence-electron chi connectivity index (χ1n) is 7.90. The molecular formula is C18H19F3N3O3+. The summed E-state index contributed by atoms with van der Waals surface area (Å²) in [6.07, 6.45) is -3.80. The van der Waals surface area contributed by atoms with Gasteiger partial charge in [0.05, 0.1) is 13.3 Å². The van der Waals surface area contributed by atoms with E-state index in [0.717, 1.165) is 7.11 Å². The molecule has 144 valence electrons. The van der Waals surface area contributed by atoms with E-state index in [0.29, 0.717) is 11.1 Å². The van der Waals surface area contributed by atoms with Crippen molar-refractivity contribution in [3.05, 3.63) is 59.3 Å². The number of methoxy groups -OCH3 is 1. The molecule has 1 amide bonds. The van der Waals surface area contributed by atoms with E-state index in [4.69, 9.17) is 0 Å². The van der Waals surface area contributed by atoms with Crippen molar-refractivity contribution in [1.29, 1.82) is 0 Å². The van der Waals surface area contributed by atoms with Gasteiger partial charge in [-0.3, -0.25) is 10.1 Å². The highest BCUT2D eigenvalue weighted by molar-refractivity contribution is 5.99. The van der Waals surface area contributed by atoms with Crippen LogP contribution < -0.4 is 15.6 Å². The molecular weight excluding hydrogens is 363 g/mol. The highest BCUT2D eigenvalue weighted by Gasteiger charge is 2.67. The van der Waals surface area contributed by atoms with Crippen LogP contribution in [0.15, 0.2) is 42.6 Å². The number of nitrogens with one attached hydrogen (secondary N) is 3. The molecule has 2 rings (SSSR count). The zero-order valence-corrected chi connectivity index (χ0v) is 14.9. The molecule has 0 unspecified atom stereocenters. The second kappa shape index (κ2) is 7.65. The summed E-state index contributed by atoms with van der Waals surface area (Å²) < 4.78 is 46.2. The lowest BCUT2D eigenvalue weighted by atomic mass is 10.1. The number of rotatable bonds is 5. The van der Waals surface area contributed by atoms with Crippen LogP contribution in [0.5, 0.6) is 0 Å². The Morgan fingerprint density at radius 3 is 2.30 bits per heavy atom. The Morgan fingerprint density at radius 1 is 1.07 bits per heavy atom. The topological polar surface area (TPSA) is 81.6 Å². The number of aromatic amines is 1. The molecule has 0 aliphatic rings. The monoisotopic (exact) mass is 382 g/mol. The Kier molecular flexibility index (Phi) is 5.72. The number of aromatic nitrogens is 1. The van der Waals surface area contributed by atoms with Crippen molar-refractivity contribution in [2.45, 2.75) is 25.7 Å². The molecule has 0 radical (unpaired) electrons. The second-order valence-corrected chi connectivity index (χ2v) is 5.97. The summed E-state index contributed by atoms with van der Waals surface area (Å²) in [4.78, 5) is 27.2. The highest BCUT2D eigenvalue weighted by Crippen LogP contribution is 2.32. The van der Waals surface area contributed by atoms with Gasteiger partial charge in [0.1, 0.15) is 0 Å². The zero-order chi connectivity index (χ0) is 20.2. The third-order valence-corrected chi connectivity index (χ3v) is 3.78. The maximum absolute atomic E-state index is 14.0. The van der Waals surface area contributed by atoms with E-state index in [1.54, 1.807) is 31.3 Å². The summed E-state index contributed by atoms with van der Waals surface area (Å²) in [5.41, 5.74) is -2.18. The molecule has 0 saturated carbocycles. The summed E-state index contributed by atoms with van der Waals surface area (Å²) in [6, 6.07) is 8.96. The van der Waals surface area contributed by atoms with Gasteiger partial charge in [0.25, 0.3) is 11.7 Å². The normalized spacial score (nSPS) is 13.4. The molecule has 27 heavy (non-hydrogen) atoms. The van der Waals surface area contributed by atoms with Crippen molar-refractivity contribution in [1.82, 2.24) is 5.32 Å². The minimum Gasteiger partial charge on any atom is -0.464 e. The van der Waals surface area contributed by atoms with Crippen LogP contribution in [0.4, 0.5) is 19.0 Å². The Hall–Kier alpha value is -3.10. The van der Waals surface area contributed by atoms with Crippen LogP contribution in [-0.4, -0.2) is 30.8 Å². The number of hydrogen-bond acceptors (Lipinski definition) is 4. The molecule has 1 aromatic carbocycles. The number of benzene rings is 1. The Bertz CT molecular complexity index is 855. The van der Waals surface area contributed by atoms with Gasteiger partial charge in [0.15, 0.2) is 0 Å². The van der Waals surface area contributed by atoms with Crippen LogP contribution in [0.25, 0.3) is 0 Å². The summed E-state index contributed by atoms with van der Waals surface area (Å²) in [5, 5.41) is 3.82. The summed E-state index contributed by atoms with van der Waals surface area (Å²) in [7, 11) is 0.809. The van der Waals surface area contributed by atoms with Crippen molar-refractivity contribution < 1.29 is 32.5 Å². The highest BCUT2D eigenvalue weighted by atomic mass is 19.4. The van der Waals surface area contributed by atoms with E-state index in [2.05, 4.69) is 15.0 Å². The number of pyridine rings is 1. The van der Waals surface area contributed by atoms with E-state index in [1.165, 1.54) is 30.5 Å². The number of anilines is 1. The Balaban J connectivity index is 2.50. The predicted molar refractivity (Wildman–Crippen MR) is 90.8 cm³/mol. The van der Waals surface area contributed by atoms with Gasteiger partial charge in [0, 0.05) is 11.6 Å². The number of aryl methyl sites for hydroxylation is 2. The third-order valence-electron chi connectivity index (χ3n) is 3.78. The van der Waals surface area contributed by atoms with E-state index in [1.807, 2.05) is 0 Å². The van der Waals surface area contributed by atoms with E-state index < -0.39 is 23.7 Å². The van der Waals surface area contributed by atoms with Crippen molar-refractivity contribution in [2.75, 3.05) is 12.4 Å². The quantitative estimate of drug-likeness (QED) is 0.615. The summed E-state index contributed by atoms with van der Waals surface area (Å²) >= 11 is 0. The van der Waals surface area contributed by atoms with E-state index >= 15 is 0 Å². The Morgan fingerprint density at radius 2 is 1.74 bits per heavy atom. The van der Waals surface area contributed by atoms with Gasteiger partial charge in [-0.1, -0.05) is 17.7 Å². The van der Waals surface area contributed by atoms with Crippen molar-refractivity contribution in [3.63, 3.8) is 0 Å². The number of carbonyl (C=O) groups is 2. The molecule has 9 heteroatoms. The number of hydrogen-bond donors (Lipinski definition) is 2. The van der Waals surface area contributed by atoms with Crippen LogP contribution in [0.2, 0.25) is 0 Å². The molecule has 0 spiro atoms. The molecule has 1 heterocycles. The lowest BCUT2D eigenvalue weighted by molar-refractivity contribution is -0.363. The van der Waals surface area contributed by atoms with Gasteiger partial charge < -0.3 is 4.74 Å². The van der Waals surface area contributed by atoms with Gasteiger partial charge in [-0.15, -0.1) is 0 Å². The van der Waals surface area contributed by atoms with Crippen LogP contribution in [0, 0.1) is 13.8 Å². The van der Waals surface area contributed by atoms with Crippen molar-refractivity contribution in [2.24, 2.45) is 0 Å². The number of ether oxygens (including phenoxy) is 1. The SMILES string of the molecule is COC(=O)[C@@](NC(=O)c1cccc(C)c1)(Nc1cc(C)cc[nH+]1)C(F)(F)F. The van der Waals surface area contributed by atoms with Crippen LogP contribution in [0.1, 0.15) is 21.5 Å². The summed E-state index contributed by atoms with van der Waals surface area (Å²) in [5.74, 6) is -2.91. The lowest BCUT2D eigenvalue weighted by Crippen LogP contribution is -2.69. The largest absolute Gasteiger partial charge is 0.464 e. The minimum atomic E-state index is -5.20. The Labute approximate surface area is 153 Å². The van der Waals surface area contributed by atoms with E-state index in [-0.39, 0.29) is 11.4 Å². The first kappa shape index (κ1) is 20.2. The average molecular weight is 382 g/mol. The van der Waals surface area contributed by atoms with E-state index in [9.17, 15) is 22.8 Å². The van der Waals surface area contributed by atoms with Gasteiger partial charge in [0.2, 0.25) is 0 Å². The molecule has 1 atom stereocenters. The van der Waals surface area contributed by atoms with Gasteiger partial charge in [-0.2, -0.15) is 13.2 Å². The molecule has 0 aliphatic carbocycles. The molecule has 1 aromatic heterocycles. The molecule has 6 nitrogen and oxygen atoms in total. The first-order valence-corrected chi connectivity index (χ1v) is 7.90. The fourth-order valence-electron chi connectivity index (χ4n) is 2.43. The predicted octanol–water partition coefficient (Wildman–Crippen LogP) is 2.39. The van der Waals surface area contributed by atoms with Crippen LogP contribution in [-0.2, 0) is 9.53 Å². The fraction of sp³-hybridized carbons (Fsp3) is 0.278. The minimum absolute atomic E-state index is 0.0254. The van der Waals surface area contributed by atoms with Crippen LogP contribution in [0.3, 0.4) is 0 Å². The first-order chi connectivity index (χ1) is 12.6. The van der Waals surface area contributed by atoms with Gasteiger partial charge in [-0.25, -0.2) is 15.1 Å². The number of H-pyrrole nitrogens is 1. The van der Waals surface area contributed by atoms with Gasteiger partial charge in [-0.05, 0) is 37.6 Å². The zero-order valence-electron chi connectivity index (χ0n) is 14.9. The smallest absolute Gasteiger partial charge is 0.464 e. The lowest BCUT2D eigenvalue weighted by Gasteiger charge is -2.30. The molecule has 0 bridgehead atoms. The molecule has 2 aromatic rings. The molecule has 0 saturated heterocycles. The average Bonchev–Trinajstić information content (AvgIpc) is 2.59. The number of halogens is 3. The van der Waals surface area contributed by atoms with Crippen molar-refractivity contribution >= 4 is 17.7 Å². The summed E-state index contributed by atoms with van der Waals surface area (Å²) in [6.45, 7) is 3.35. The third kappa shape index (κ3) is 4.36. The fourth-order valence-corrected chi connectivity index (χ4v) is 2.43. The van der Waals surface area contributed by atoms with Crippen molar-refractivity contribution in [3.8, 4) is 0 Å². The molecule has 0 fully saturated rings. The maximum atomic E-state index is 14.0. The number of alkyl halides is 3. The number of esters is 1. The number of amides is 1.